The van der Waals surface area contributed by atoms with Crippen molar-refractivity contribution in [3.63, 3.8) is 0 Å². The Morgan fingerprint density at radius 2 is 1.56 bits per heavy atom. The van der Waals surface area contributed by atoms with Gasteiger partial charge in [0.2, 0.25) is 0 Å². The van der Waals surface area contributed by atoms with Crippen LogP contribution in [0.5, 0.6) is 5.75 Å². The average molecular weight is 344 g/mol. The van der Waals surface area contributed by atoms with Crippen LogP contribution in [0.2, 0.25) is 0 Å². The average Bonchev–Trinajstić information content (AvgIpc) is 2.65. The Hall–Kier alpha value is -1.64. The molecule has 2 fully saturated rings. The van der Waals surface area contributed by atoms with Gasteiger partial charge in [0.1, 0.15) is 11.6 Å². The predicted molar refractivity (Wildman–Crippen MR) is 97.7 cm³/mol. The fourth-order valence-electron chi connectivity index (χ4n) is 4.66. The Morgan fingerprint density at radius 3 is 2.12 bits per heavy atom. The van der Waals surface area contributed by atoms with Gasteiger partial charge in [-0.1, -0.05) is 6.08 Å². The van der Waals surface area contributed by atoms with Crippen LogP contribution >= 0.6 is 0 Å². The molecule has 0 bridgehead atoms. The summed E-state index contributed by atoms with van der Waals surface area (Å²) < 4.78 is 18.3. The molecule has 2 aliphatic carbocycles. The third-order valence-corrected chi connectivity index (χ3v) is 6.20. The second-order valence-electron chi connectivity index (χ2n) is 7.79. The van der Waals surface area contributed by atoms with E-state index in [4.69, 9.17) is 4.74 Å². The third kappa shape index (κ3) is 4.93. The number of carbonyl (C=O) groups excluding carboxylic acids is 1. The fraction of sp³-hybridized carbons (Fsp3) is 0.591. The molecular weight excluding hydrogens is 315 g/mol. The second kappa shape index (κ2) is 8.64. The van der Waals surface area contributed by atoms with Crippen molar-refractivity contribution in [2.24, 2.45) is 23.7 Å². The molecule has 0 amide bonds. The molecule has 2 nitrogen and oxygen atoms in total. The van der Waals surface area contributed by atoms with E-state index in [0.717, 1.165) is 49.9 Å². The summed E-state index contributed by atoms with van der Waals surface area (Å²) in [6.07, 6.45) is 12.7. The quantitative estimate of drug-likeness (QED) is 0.376. The topological polar surface area (TPSA) is 26.3 Å². The van der Waals surface area contributed by atoms with E-state index in [1.807, 2.05) is 0 Å². The number of allylic oxidation sites excluding steroid dienone is 1. The molecular formula is C22H29FO2. The summed E-state index contributed by atoms with van der Waals surface area (Å²) >= 11 is 0. The van der Waals surface area contributed by atoms with Crippen LogP contribution in [-0.4, -0.2) is 5.97 Å². The van der Waals surface area contributed by atoms with Gasteiger partial charge in [-0.3, -0.25) is 4.79 Å². The lowest BCUT2D eigenvalue weighted by molar-refractivity contribution is -0.140. The minimum absolute atomic E-state index is 0.00147. The Balaban J connectivity index is 1.43. The van der Waals surface area contributed by atoms with Crippen molar-refractivity contribution in [1.82, 2.24) is 0 Å². The van der Waals surface area contributed by atoms with Crippen LogP contribution in [0.3, 0.4) is 0 Å². The van der Waals surface area contributed by atoms with Crippen molar-refractivity contribution in [3.05, 3.63) is 42.7 Å². The van der Waals surface area contributed by atoms with Crippen LogP contribution in [0, 0.1) is 29.5 Å². The highest BCUT2D eigenvalue weighted by molar-refractivity contribution is 5.75. The molecule has 2 saturated carbocycles. The second-order valence-corrected chi connectivity index (χ2v) is 7.79. The highest BCUT2D eigenvalue weighted by Crippen LogP contribution is 2.42. The zero-order valence-electron chi connectivity index (χ0n) is 15.0. The lowest BCUT2D eigenvalue weighted by atomic mass is 9.69. The van der Waals surface area contributed by atoms with Crippen LogP contribution < -0.4 is 4.74 Å². The monoisotopic (exact) mass is 344 g/mol. The van der Waals surface area contributed by atoms with E-state index in [0.29, 0.717) is 5.75 Å². The Morgan fingerprint density at radius 1 is 1.00 bits per heavy atom. The molecule has 0 atom stereocenters. The zero-order chi connectivity index (χ0) is 17.6. The molecule has 0 N–H and O–H groups in total. The first-order valence-corrected chi connectivity index (χ1v) is 9.74. The number of ether oxygens (including phenoxy) is 1. The molecule has 2 aliphatic rings. The van der Waals surface area contributed by atoms with E-state index in [-0.39, 0.29) is 17.7 Å². The molecule has 3 rings (SSSR count). The summed E-state index contributed by atoms with van der Waals surface area (Å²) in [5, 5.41) is 0. The number of carbonyl (C=O) groups is 1. The number of halogens is 1. The summed E-state index contributed by atoms with van der Waals surface area (Å²) in [6.45, 7) is 3.86. The maximum absolute atomic E-state index is 12.9. The summed E-state index contributed by atoms with van der Waals surface area (Å²) in [5.74, 6) is 2.43. The van der Waals surface area contributed by atoms with Crippen LogP contribution in [-0.2, 0) is 4.79 Å². The first kappa shape index (κ1) is 18.2. The lowest BCUT2D eigenvalue weighted by Crippen LogP contribution is -2.30. The SMILES string of the molecule is C=CC[C@H]1CC[C@H]([C@H]2CC[C@H](C(=O)Oc3ccc(F)cc3)CC2)CC1. The first-order chi connectivity index (χ1) is 12.2. The van der Waals surface area contributed by atoms with Crippen LogP contribution in [0.1, 0.15) is 57.8 Å². The van der Waals surface area contributed by atoms with Crippen molar-refractivity contribution in [3.8, 4) is 5.75 Å². The van der Waals surface area contributed by atoms with E-state index in [9.17, 15) is 9.18 Å². The van der Waals surface area contributed by atoms with Gasteiger partial charge in [0.15, 0.2) is 0 Å². The van der Waals surface area contributed by atoms with Crippen LogP contribution in [0.15, 0.2) is 36.9 Å². The van der Waals surface area contributed by atoms with Crippen molar-refractivity contribution >= 4 is 5.97 Å². The minimum atomic E-state index is -0.317. The lowest BCUT2D eigenvalue weighted by Gasteiger charge is -2.37. The summed E-state index contributed by atoms with van der Waals surface area (Å²) in [7, 11) is 0. The van der Waals surface area contributed by atoms with Crippen molar-refractivity contribution in [1.29, 1.82) is 0 Å². The highest BCUT2D eigenvalue weighted by atomic mass is 19.1. The van der Waals surface area contributed by atoms with E-state index in [1.54, 1.807) is 0 Å². The molecule has 1 aromatic rings. The molecule has 3 heteroatoms. The summed E-state index contributed by atoms with van der Waals surface area (Å²) in [4.78, 5) is 12.3. The molecule has 136 valence electrons. The van der Waals surface area contributed by atoms with E-state index in [2.05, 4.69) is 12.7 Å². The van der Waals surface area contributed by atoms with E-state index >= 15 is 0 Å². The Kier molecular flexibility index (Phi) is 6.28. The third-order valence-electron chi connectivity index (χ3n) is 6.20. The molecule has 0 aliphatic heterocycles. The number of esters is 1. The number of hydrogen-bond acceptors (Lipinski definition) is 2. The van der Waals surface area contributed by atoms with Gasteiger partial charge in [0, 0.05) is 0 Å². The minimum Gasteiger partial charge on any atom is -0.426 e. The molecule has 1 aromatic carbocycles. The van der Waals surface area contributed by atoms with Crippen LogP contribution in [0.4, 0.5) is 4.39 Å². The van der Waals surface area contributed by atoms with Gasteiger partial charge in [-0.25, -0.2) is 4.39 Å². The first-order valence-electron chi connectivity index (χ1n) is 9.74. The van der Waals surface area contributed by atoms with Gasteiger partial charge < -0.3 is 4.74 Å². The molecule has 0 heterocycles. The van der Waals surface area contributed by atoms with Gasteiger partial charge in [0.25, 0.3) is 0 Å². The Labute approximate surface area is 150 Å². The van der Waals surface area contributed by atoms with Crippen LogP contribution in [0.25, 0.3) is 0 Å². The smallest absolute Gasteiger partial charge is 0.314 e. The van der Waals surface area contributed by atoms with Gasteiger partial charge in [-0.05, 0) is 99.8 Å². The molecule has 0 unspecified atom stereocenters. The number of benzene rings is 1. The fourth-order valence-corrected chi connectivity index (χ4v) is 4.66. The van der Waals surface area contributed by atoms with Crippen molar-refractivity contribution in [2.75, 3.05) is 0 Å². The Bertz CT molecular complexity index is 564. The molecule has 0 aromatic heterocycles. The molecule has 0 spiro atoms. The molecule has 0 saturated heterocycles. The van der Waals surface area contributed by atoms with Gasteiger partial charge in [-0.15, -0.1) is 6.58 Å². The summed E-state index contributed by atoms with van der Waals surface area (Å²) in [5.41, 5.74) is 0. The standard InChI is InChI=1S/C22H29FO2/c1-2-3-16-4-6-17(7-5-16)18-8-10-19(11-9-18)22(24)25-21-14-12-20(23)13-15-21/h2,12-19H,1,3-11H2/t16-,17-,18-,19-. The number of hydrogen-bond donors (Lipinski definition) is 0. The van der Waals surface area contributed by atoms with E-state index in [1.165, 1.54) is 49.9 Å². The zero-order valence-corrected chi connectivity index (χ0v) is 15.0. The summed E-state index contributed by atoms with van der Waals surface area (Å²) in [6, 6.07) is 5.67. The van der Waals surface area contributed by atoms with Gasteiger partial charge >= 0.3 is 5.97 Å². The van der Waals surface area contributed by atoms with Gasteiger partial charge in [0.05, 0.1) is 5.92 Å². The highest BCUT2D eigenvalue weighted by Gasteiger charge is 2.33. The predicted octanol–water partition coefficient (Wildman–Crippen LogP) is 5.92. The number of rotatable bonds is 5. The maximum atomic E-state index is 12.9. The van der Waals surface area contributed by atoms with Crippen molar-refractivity contribution in [2.45, 2.75) is 57.8 Å². The van der Waals surface area contributed by atoms with E-state index < -0.39 is 0 Å². The normalized spacial score (nSPS) is 29.8. The maximum Gasteiger partial charge on any atom is 0.314 e. The largest absolute Gasteiger partial charge is 0.426 e. The van der Waals surface area contributed by atoms with Gasteiger partial charge in [-0.2, -0.15) is 0 Å². The van der Waals surface area contributed by atoms with Crippen molar-refractivity contribution < 1.29 is 13.9 Å². The molecule has 0 radical (unpaired) electrons. The molecule has 25 heavy (non-hydrogen) atoms.